The first kappa shape index (κ1) is 9.81. The van der Waals surface area contributed by atoms with E-state index in [-0.39, 0.29) is 5.54 Å². The van der Waals surface area contributed by atoms with Crippen LogP contribution in [-0.2, 0) is 5.54 Å². The highest BCUT2D eigenvalue weighted by atomic mass is 35.5. The van der Waals surface area contributed by atoms with Gasteiger partial charge in [0.15, 0.2) is 0 Å². The van der Waals surface area contributed by atoms with Crippen molar-refractivity contribution in [3.8, 4) is 5.75 Å². The Morgan fingerprint density at radius 3 is 2.64 bits per heavy atom. The highest BCUT2D eigenvalue weighted by Gasteiger charge is 2.44. The minimum Gasteiger partial charge on any atom is -0.496 e. The van der Waals surface area contributed by atoms with Crippen molar-refractivity contribution >= 4 is 11.6 Å². The Morgan fingerprint density at radius 1 is 1.43 bits per heavy atom. The Kier molecular flexibility index (Phi) is 2.41. The predicted molar refractivity (Wildman–Crippen MR) is 58.0 cm³/mol. The summed E-state index contributed by atoms with van der Waals surface area (Å²) in [5.41, 5.74) is 1.28. The lowest BCUT2D eigenvalue weighted by Gasteiger charge is -2.18. The molecule has 1 fully saturated rings. The number of methoxy groups -OCH3 is 1. The molecular weight excluding hydrogens is 198 g/mol. The third kappa shape index (κ3) is 1.49. The average molecular weight is 212 g/mol. The van der Waals surface area contributed by atoms with Crippen LogP contribution >= 0.6 is 11.6 Å². The number of nitrogens with one attached hydrogen (secondary N) is 1. The first-order chi connectivity index (χ1) is 6.72. The first-order valence-corrected chi connectivity index (χ1v) is 5.12. The fourth-order valence-corrected chi connectivity index (χ4v) is 2.01. The van der Waals surface area contributed by atoms with Crippen LogP contribution in [0.5, 0.6) is 5.75 Å². The molecule has 0 heterocycles. The molecule has 0 aromatic heterocycles. The monoisotopic (exact) mass is 211 g/mol. The topological polar surface area (TPSA) is 21.3 Å². The van der Waals surface area contributed by atoms with Crippen LogP contribution in [0.1, 0.15) is 18.4 Å². The zero-order valence-electron chi connectivity index (χ0n) is 8.43. The van der Waals surface area contributed by atoms with Crippen molar-refractivity contribution < 1.29 is 4.74 Å². The van der Waals surface area contributed by atoms with E-state index in [0.29, 0.717) is 0 Å². The van der Waals surface area contributed by atoms with E-state index in [0.717, 1.165) is 23.6 Å². The van der Waals surface area contributed by atoms with E-state index in [1.807, 2.05) is 25.2 Å². The molecule has 0 saturated heterocycles. The van der Waals surface area contributed by atoms with Gasteiger partial charge in [-0.3, -0.25) is 0 Å². The Morgan fingerprint density at radius 2 is 2.14 bits per heavy atom. The van der Waals surface area contributed by atoms with E-state index < -0.39 is 0 Å². The van der Waals surface area contributed by atoms with Crippen molar-refractivity contribution in [3.05, 3.63) is 28.8 Å². The molecule has 0 spiro atoms. The van der Waals surface area contributed by atoms with E-state index in [1.165, 1.54) is 5.56 Å². The van der Waals surface area contributed by atoms with Gasteiger partial charge in [0.25, 0.3) is 0 Å². The molecule has 2 nitrogen and oxygen atoms in total. The number of hydrogen-bond donors (Lipinski definition) is 1. The van der Waals surface area contributed by atoms with Crippen LogP contribution in [0.25, 0.3) is 0 Å². The number of halogens is 1. The molecule has 1 N–H and O–H groups in total. The summed E-state index contributed by atoms with van der Waals surface area (Å²) in [6.07, 6.45) is 2.31. The van der Waals surface area contributed by atoms with E-state index in [1.54, 1.807) is 7.11 Å². The summed E-state index contributed by atoms with van der Waals surface area (Å²) >= 11 is 5.98. The zero-order valence-corrected chi connectivity index (χ0v) is 9.19. The maximum Gasteiger partial charge on any atom is 0.124 e. The van der Waals surface area contributed by atoms with Crippen LogP contribution in [0.3, 0.4) is 0 Å². The summed E-state index contributed by atoms with van der Waals surface area (Å²) in [7, 11) is 3.67. The van der Waals surface area contributed by atoms with Gasteiger partial charge in [-0.2, -0.15) is 0 Å². The van der Waals surface area contributed by atoms with Crippen LogP contribution < -0.4 is 10.1 Å². The molecule has 0 bridgehead atoms. The first-order valence-electron chi connectivity index (χ1n) is 4.75. The van der Waals surface area contributed by atoms with Crippen molar-refractivity contribution in [3.63, 3.8) is 0 Å². The van der Waals surface area contributed by atoms with Crippen molar-refractivity contribution in [2.24, 2.45) is 0 Å². The minimum atomic E-state index is 0.107. The van der Waals surface area contributed by atoms with E-state index in [4.69, 9.17) is 16.3 Å². The van der Waals surface area contributed by atoms with Gasteiger partial charge in [0, 0.05) is 16.1 Å². The van der Waals surface area contributed by atoms with Gasteiger partial charge in [-0.25, -0.2) is 0 Å². The molecule has 0 unspecified atom stereocenters. The molecule has 0 aliphatic heterocycles. The Bertz CT molecular complexity index is 347. The van der Waals surface area contributed by atoms with Gasteiger partial charge < -0.3 is 10.1 Å². The molecule has 1 aliphatic rings. The molecule has 14 heavy (non-hydrogen) atoms. The van der Waals surface area contributed by atoms with E-state index in [9.17, 15) is 0 Å². The van der Waals surface area contributed by atoms with Gasteiger partial charge in [-0.05, 0) is 38.1 Å². The highest BCUT2D eigenvalue weighted by molar-refractivity contribution is 6.30. The molecule has 1 aromatic carbocycles. The molecule has 3 heteroatoms. The Balaban J connectivity index is 2.44. The third-order valence-electron chi connectivity index (χ3n) is 2.91. The number of ether oxygens (including phenoxy) is 1. The van der Waals surface area contributed by atoms with Crippen LogP contribution in [0.15, 0.2) is 18.2 Å². The lowest BCUT2D eigenvalue weighted by atomic mass is 10.0. The van der Waals surface area contributed by atoms with Crippen LogP contribution in [0.2, 0.25) is 5.02 Å². The molecule has 1 aromatic rings. The lowest BCUT2D eigenvalue weighted by Crippen LogP contribution is -2.25. The van der Waals surface area contributed by atoms with E-state index >= 15 is 0 Å². The summed E-state index contributed by atoms with van der Waals surface area (Å²) in [6, 6.07) is 5.77. The van der Waals surface area contributed by atoms with Gasteiger partial charge in [0.2, 0.25) is 0 Å². The van der Waals surface area contributed by atoms with Gasteiger partial charge in [0.05, 0.1) is 7.11 Å². The molecule has 1 saturated carbocycles. The molecule has 2 rings (SSSR count). The lowest BCUT2D eigenvalue weighted by molar-refractivity contribution is 0.399. The van der Waals surface area contributed by atoms with Gasteiger partial charge >= 0.3 is 0 Å². The normalized spacial score (nSPS) is 17.9. The second-order valence-electron chi connectivity index (χ2n) is 3.68. The smallest absolute Gasteiger partial charge is 0.124 e. The Labute approximate surface area is 89.2 Å². The second kappa shape index (κ2) is 3.44. The number of hydrogen-bond acceptors (Lipinski definition) is 2. The van der Waals surface area contributed by atoms with Gasteiger partial charge in [-0.15, -0.1) is 0 Å². The second-order valence-corrected chi connectivity index (χ2v) is 4.11. The Hall–Kier alpha value is -0.730. The molecule has 0 atom stereocenters. The standard InChI is InChI=1S/C11H14ClNO/c1-13-11(5-6-11)9-7-8(12)3-4-10(9)14-2/h3-4,7,13H,5-6H2,1-2H3. The number of benzene rings is 1. The fraction of sp³-hybridized carbons (Fsp3) is 0.455. The molecule has 76 valence electrons. The molecule has 0 radical (unpaired) electrons. The average Bonchev–Trinajstić information content (AvgIpc) is 2.98. The maximum absolute atomic E-state index is 5.98. The molecule has 1 aliphatic carbocycles. The SMILES string of the molecule is CNC1(c2cc(Cl)ccc2OC)CC1. The fourth-order valence-electron chi connectivity index (χ4n) is 1.83. The molecular formula is C11H14ClNO. The quantitative estimate of drug-likeness (QED) is 0.830. The van der Waals surface area contributed by atoms with Gasteiger partial charge in [-0.1, -0.05) is 11.6 Å². The summed E-state index contributed by atoms with van der Waals surface area (Å²) in [4.78, 5) is 0. The largest absolute Gasteiger partial charge is 0.496 e. The van der Waals surface area contributed by atoms with Crippen molar-refractivity contribution in [1.82, 2.24) is 5.32 Å². The summed E-state index contributed by atoms with van der Waals surface area (Å²) in [5, 5.41) is 4.10. The predicted octanol–water partition coefficient (Wildman–Crippen LogP) is 2.56. The minimum absolute atomic E-state index is 0.107. The summed E-state index contributed by atoms with van der Waals surface area (Å²) in [5.74, 6) is 0.918. The van der Waals surface area contributed by atoms with Crippen molar-refractivity contribution in [2.45, 2.75) is 18.4 Å². The van der Waals surface area contributed by atoms with Gasteiger partial charge in [0.1, 0.15) is 5.75 Å². The van der Waals surface area contributed by atoms with E-state index in [2.05, 4.69) is 5.32 Å². The van der Waals surface area contributed by atoms with Crippen molar-refractivity contribution in [1.29, 1.82) is 0 Å². The van der Waals surface area contributed by atoms with Crippen LogP contribution in [0.4, 0.5) is 0 Å². The van der Waals surface area contributed by atoms with Crippen LogP contribution in [-0.4, -0.2) is 14.2 Å². The van der Waals surface area contributed by atoms with Crippen LogP contribution in [0, 0.1) is 0 Å². The van der Waals surface area contributed by atoms with Crippen molar-refractivity contribution in [2.75, 3.05) is 14.2 Å². The summed E-state index contributed by atoms with van der Waals surface area (Å²) < 4.78 is 5.33. The maximum atomic E-state index is 5.98. The highest BCUT2D eigenvalue weighted by Crippen LogP contribution is 2.49. The zero-order chi connectivity index (χ0) is 10.2. The third-order valence-corrected chi connectivity index (χ3v) is 3.14. The summed E-state index contributed by atoms with van der Waals surface area (Å²) in [6.45, 7) is 0. The molecule has 0 amide bonds. The number of rotatable bonds is 3.